The van der Waals surface area contributed by atoms with Crippen molar-refractivity contribution in [1.29, 1.82) is 0 Å². The lowest BCUT2D eigenvalue weighted by atomic mass is 9.85. The average Bonchev–Trinajstić information content (AvgIpc) is 3.31. The van der Waals surface area contributed by atoms with Crippen LogP contribution in [0.4, 0.5) is 0 Å². The highest BCUT2D eigenvalue weighted by molar-refractivity contribution is 14.0. The largest absolute Gasteiger partial charge is 0.357 e. The number of rotatable bonds is 9. The van der Waals surface area contributed by atoms with Gasteiger partial charge in [-0.05, 0) is 51.1 Å². The summed E-state index contributed by atoms with van der Waals surface area (Å²) in [6, 6.07) is 0. The molecule has 30 heavy (non-hydrogen) atoms. The Hall–Kier alpha value is -1.16. The molecule has 1 saturated carbocycles. The topological polar surface area (TPSA) is 77.0 Å². The second-order valence-corrected chi connectivity index (χ2v) is 9.71. The number of amides is 2. The Morgan fingerprint density at radius 3 is 2.30 bits per heavy atom. The van der Waals surface area contributed by atoms with Crippen LogP contribution in [-0.4, -0.2) is 74.4 Å². The fourth-order valence-electron chi connectivity index (χ4n) is 5.17. The molecule has 0 radical (unpaired) electrons. The number of carbonyl (C=O) groups is 2. The standard InChI is InChI=1S/C22H37N5O2.HI/c1-6-23-21(25-13-22(2,3)14-26(4)5)24-10-7-11-27-19(28)17-15-8-9-16(12-15)18(17)20(27)29;/h8-9,15-18H,6-7,10-14H2,1-5H3,(H2,23,24,25);1H. The molecule has 1 saturated heterocycles. The van der Waals surface area contributed by atoms with Crippen LogP contribution in [-0.2, 0) is 9.59 Å². The SMILES string of the molecule is CCNC(=NCC(C)(C)CN(C)C)NCCCN1C(=O)C2C3C=CC(C3)C2C1=O.I. The molecule has 2 amide bonds. The number of aliphatic imine (C=N–C) groups is 1. The zero-order valence-corrected chi connectivity index (χ0v) is 21.3. The Morgan fingerprint density at radius 1 is 1.17 bits per heavy atom. The van der Waals surface area contributed by atoms with Gasteiger partial charge in [-0.1, -0.05) is 26.0 Å². The summed E-state index contributed by atoms with van der Waals surface area (Å²) in [7, 11) is 4.15. The van der Waals surface area contributed by atoms with E-state index in [1.165, 1.54) is 4.90 Å². The molecule has 2 fully saturated rings. The molecule has 0 spiro atoms. The Bertz CT molecular complexity index is 661. The number of nitrogens with one attached hydrogen (secondary N) is 2. The number of imide groups is 1. The van der Waals surface area contributed by atoms with Crippen molar-refractivity contribution in [3.05, 3.63) is 12.2 Å². The summed E-state index contributed by atoms with van der Waals surface area (Å²) in [5, 5.41) is 6.62. The van der Waals surface area contributed by atoms with E-state index >= 15 is 0 Å². The summed E-state index contributed by atoms with van der Waals surface area (Å²) >= 11 is 0. The van der Waals surface area contributed by atoms with Crippen LogP contribution in [0.3, 0.4) is 0 Å². The molecular formula is C22H38IN5O2. The number of halogens is 1. The van der Waals surface area contributed by atoms with Gasteiger partial charge in [-0.15, -0.1) is 24.0 Å². The van der Waals surface area contributed by atoms with E-state index in [0.717, 1.165) is 38.4 Å². The first-order chi connectivity index (χ1) is 13.7. The summed E-state index contributed by atoms with van der Waals surface area (Å²) in [6.45, 7) is 10.1. The Kier molecular flexibility index (Phi) is 8.73. The van der Waals surface area contributed by atoms with Gasteiger partial charge in [0.2, 0.25) is 11.8 Å². The first kappa shape index (κ1) is 25.1. The van der Waals surface area contributed by atoms with E-state index in [1.54, 1.807) is 0 Å². The molecule has 7 nitrogen and oxygen atoms in total. The fraction of sp³-hybridized carbons (Fsp3) is 0.773. The van der Waals surface area contributed by atoms with E-state index < -0.39 is 0 Å². The van der Waals surface area contributed by atoms with Crippen LogP contribution in [0.15, 0.2) is 17.1 Å². The zero-order valence-electron chi connectivity index (χ0n) is 19.0. The zero-order chi connectivity index (χ0) is 21.2. The molecule has 2 N–H and O–H groups in total. The van der Waals surface area contributed by atoms with Gasteiger partial charge >= 0.3 is 0 Å². The number of allylic oxidation sites excluding steroid dienone is 2. The first-order valence-electron chi connectivity index (χ1n) is 10.9. The number of hydrogen-bond donors (Lipinski definition) is 2. The van der Waals surface area contributed by atoms with Crippen molar-refractivity contribution < 1.29 is 9.59 Å². The third-order valence-electron chi connectivity index (χ3n) is 6.17. The van der Waals surface area contributed by atoms with Crippen LogP contribution in [0.2, 0.25) is 0 Å². The fourth-order valence-corrected chi connectivity index (χ4v) is 5.17. The van der Waals surface area contributed by atoms with Gasteiger partial charge in [0.1, 0.15) is 0 Å². The molecule has 2 bridgehead atoms. The van der Waals surface area contributed by atoms with Crippen LogP contribution >= 0.6 is 24.0 Å². The third kappa shape index (κ3) is 5.55. The van der Waals surface area contributed by atoms with Crippen molar-refractivity contribution >= 4 is 41.8 Å². The van der Waals surface area contributed by atoms with Crippen LogP contribution in [0.5, 0.6) is 0 Å². The smallest absolute Gasteiger partial charge is 0.233 e. The quantitative estimate of drug-likeness (QED) is 0.119. The monoisotopic (exact) mass is 531 g/mol. The minimum absolute atomic E-state index is 0. The van der Waals surface area contributed by atoms with Gasteiger partial charge in [0.05, 0.1) is 11.8 Å². The summed E-state index contributed by atoms with van der Waals surface area (Å²) in [5.74, 6) is 1.25. The molecule has 1 heterocycles. The molecule has 0 aromatic heterocycles. The second kappa shape index (κ2) is 10.4. The van der Waals surface area contributed by atoms with Crippen LogP contribution < -0.4 is 10.6 Å². The Labute approximate surface area is 198 Å². The van der Waals surface area contributed by atoms with Crippen molar-refractivity contribution in [3.63, 3.8) is 0 Å². The molecule has 4 atom stereocenters. The molecule has 0 aromatic rings. The molecule has 0 aromatic carbocycles. The Balaban J connectivity index is 0.00000320. The molecule has 3 aliphatic rings. The summed E-state index contributed by atoms with van der Waals surface area (Å²) in [6.07, 6.45) is 5.98. The van der Waals surface area contributed by atoms with Gasteiger partial charge in [-0.25, -0.2) is 0 Å². The van der Waals surface area contributed by atoms with Gasteiger partial charge in [-0.2, -0.15) is 0 Å². The maximum atomic E-state index is 12.7. The van der Waals surface area contributed by atoms with Crippen LogP contribution in [0.1, 0.15) is 33.6 Å². The molecule has 2 aliphatic carbocycles. The van der Waals surface area contributed by atoms with Crippen molar-refractivity contribution in [2.45, 2.75) is 33.6 Å². The van der Waals surface area contributed by atoms with Gasteiger partial charge < -0.3 is 15.5 Å². The van der Waals surface area contributed by atoms with E-state index in [0.29, 0.717) is 13.1 Å². The van der Waals surface area contributed by atoms with Gasteiger partial charge in [0.15, 0.2) is 5.96 Å². The van der Waals surface area contributed by atoms with Crippen molar-refractivity contribution in [2.24, 2.45) is 34.1 Å². The van der Waals surface area contributed by atoms with Crippen molar-refractivity contribution in [3.8, 4) is 0 Å². The second-order valence-electron chi connectivity index (χ2n) is 9.71. The predicted molar refractivity (Wildman–Crippen MR) is 131 cm³/mol. The normalized spacial score (nSPS) is 27.7. The number of hydrogen-bond acceptors (Lipinski definition) is 4. The number of carbonyl (C=O) groups excluding carboxylic acids is 2. The van der Waals surface area contributed by atoms with Crippen molar-refractivity contribution in [1.82, 2.24) is 20.4 Å². The molecule has 3 rings (SSSR count). The maximum Gasteiger partial charge on any atom is 0.233 e. The van der Waals surface area contributed by atoms with Crippen LogP contribution in [0, 0.1) is 29.1 Å². The molecule has 1 aliphatic heterocycles. The van der Waals surface area contributed by atoms with Gasteiger partial charge in [0.25, 0.3) is 0 Å². The highest BCUT2D eigenvalue weighted by Crippen LogP contribution is 2.52. The lowest BCUT2D eigenvalue weighted by Gasteiger charge is -2.27. The highest BCUT2D eigenvalue weighted by atomic mass is 127. The van der Waals surface area contributed by atoms with Crippen molar-refractivity contribution in [2.75, 3.05) is 46.8 Å². The molecule has 8 heteroatoms. The highest BCUT2D eigenvalue weighted by Gasteiger charge is 2.58. The number of nitrogens with zero attached hydrogens (tertiary/aromatic N) is 3. The average molecular weight is 531 g/mol. The molecule has 170 valence electrons. The Morgan fingerprint density at radius 2 is 1.77 bits per heavy atom. The number of likely N-dealkylation sites (tertiary alicyclic amines) is 1. The number of guanidine groups is 1. The minimum Gasteiger partial charge on any atom is -0.357 e. The summed E-state index contributed by atoms with van der Waals surface area (Å²) in [4.78, 5) is 33.9. The summed E-state index contributed by atoms with van der Waals surface area (Å²) < 4.78 is 0. The van der Waals surface area contributed by atoms with E-state index in [2.05, 4.69) is 55.6 Å². The van der Waals surface area contributed by atoms with E-state index in [9.17, 15) is 9.59 Å². The van der Waals surface area contributed by atoms with Gasteiger partial charge in [-0.3, -0.25) is 19.5 Å². The maximum absolute atomic E-state index is 12.7. The first-order valence-corrected chi connectivity index (χ1v) is 10.9. The summed E-state index contributed by atoms with van der Waals surface area (Å²) in [5.41, 5.74) is 0.0887. The van der Waals surface area contributed by atoms with E-state index in [1.807, 2.05) is 6.92 Å². The predicted octanol–water partition coefficient (Wildman–Crippen LogP) is 1.94. The molecule has 4 unspecified atom stereocenters. The lowest BCUT2D eigenvalue weighted by molar-refractivity contribution is -0.140. The molecular weight excluding hydrogens is 493 g/mol. The van der Waals surface area contributed by atoms with Gasteiger partial charge in [0, 0.05) is 32.7 Å². The van der Waals surface area contributed by atoms with E-state index in [4.69, 9.17) is 4.99 Å². The minimum atomic E-state index is -0.0942. The number of fused-ring (bicyclic) bond motifs is 5. The van der Waals surface area contributed by atoms with Crippen LogP contribution in [0.25, 0.3) is 0 Å². The lowest BCUT2D eigenvalue weighted by Crippen LogP contribution is -2.41. The third-order valence-corrected chi connectivity index (χ3v) is 6.17. The van der Waals surface area contributed by atoms with E-state index in [-0.39, 0.29) is 64.9 Å².